The predicted octanol–water partition coefficient (Wildman–Crippen LogP) is 17.8. The van der Waals surface area contributed by atoms with Crippen LogP contribution in [0.5, 0.6) is 0 Å². The molecule has 0 spiro atoms. The van der Waals surface area contributed by atoms with Gasteiger partial charge < -0.3 is 14.2 Å². The van der Waals surface area contributed by atoms with Crippen LogP contribution >= 0.6 is 0 Å². The lowest BCUT2D eigenvalue weighted by atomic mass is 10.1. The second-order valence-electron chi connectivity index (χ2n) is 16.6. The Morgan fingerprint density at radius 3 is 1.05 bits per heavy atom. The van der Waals surface area contributed by atoms with Crippen LogP contribution in [0.3, 0.4) is 0 Å². The molecule has 0 heterocycles. The molecule has 0 amide bonds. The number of allylic oxidation sites excluding steroid dienone is 20. The number of carbonyl (C=O) groups is 2. The second kappa shape index (κ2) is 53.6. The van der Waals surface area contributed by atoms with Crippen LogP contribution < -0.4 is 0 Å². The van der Waals surface area contributed by atoms with Crippen molar-refractivity contribution in [2.75, 3.05) is 19.8 Å². The van der Waals surface area contributed by atoms with Crippen molar-refractivity contribution in [3.8, 4) is 0 Å². The summed E-state index contributed by atoms with van der Waals surface area (Å²) in [7, 11) is 0. The average molecular weight is 885 g/mol. The molecule has 362 valence electrons. The van der Waals surface area contributed by atoms with E-state index >= 15 is 0 Å². The summed E-state index contributed by atoms with van der Waals surface area (Å²) in [5, 5.41) is 0. The lowest BCUT2D eigenvalue weighted by Crippen LogP contribution is -2.30. The lowest BCUT2D eigenvalue weighted by Gasteiger charge is -2.18. The molecule has 0 aromatic carbocycles. The van der Waals surface area contributed by atoms with Crippen LogP contribution in [0.15, 0.2) is 122 Å². The normalized spacial score (nSPS) is 13.2. The van der Waals surface area contributed by atoms with Gasteiger partial charge in [0.1, 0.15) is 6.61 Å². The monoisotopic (exact) mass is 885 g/mol. The van der Waals surface area contributed by atoms with Gasteiger partial charge in [0.05, 0.1) is 6.61 Å². The highest BCUT2D eigenvalue weighted by molar-refractivity contribution is 5.70. The van der Waals surface area contributed by atoms with Crippen LogP contribution in [0.1, 0.15) is 213 Å². The summed E-state index contributed by atoms with van der Waals surface area (Å²) in [6.07, 6.45) is 74.9. The fourth-order valence-electron chi connectivity index (χ4n) is 6.70. The number of rotatable bonds is 46. The number of esters is 2. The largest absolute Gasteiger partial charge is 0.462 e. The van der Waals surface area contributed by atoms with Crippen molar-refractivity contribution in [1.82, 2.24) is 0 Å². The van der Waals surface area contributed by atoms with E-state index in [-0.39, 0.29) is 25.2 Å². The minimum atomic E-state index is -0.571. The van der Waals surface area contributed by atoms with Gasteiger partial charge in [-0.05, 0) is 122 Å². The van der Waals surface area contributed by atoms with Crippen molar-refractivity contribution in [3.63, 3.8) is 0 Å². The smallest absolute Gasteiger partial charge is 0.306 e. The summed E-state index contributed by atoms with van der Waals surface area (Å²) < 4.78 is 17.4. The lowest BCUT2D eigenvalue weighted by molar-refractivity contribution is -0.163. The summed E-state index contributed by atoms with van der Waals surface area (Å²) in [5.41, 5.74) is 0. The minimum Gasteiger partial charge on any atom is -0.462 e. The summed E-state index contributed by atoms with van der Waals surface area (Å²) in [5.74, 6) is -0.453. The van der Waals surface area contributed by atoms with E-state index in [1.54, 1.807) is 0 Å². The Morgan fingerprint density at radius 1 is 0.344 bits per heavy atom. The molecule has 0 aromatic rings. The van der Waals surface area contributed by atoms with Gasteiger partial charge in [0, 0.05) is 19.4 Å². The molecule has 5 nitrogen and oxygen atoms in total. The Balaban J connectivity index is 4.37. The van der Waals surface area contributed by atoms with Crippen molar-refractivity contribution in [2.24, 2.45) is 0 Å². The van der Waals surface area contributed by atoms with Crippen molar-refractivity contribution in [1.29, 1.82) is 0 Å². The van der Waals surface area contributed by atoms with Crippen LogP contribution in [0.25, 0.3) is 0 Å². The van der Waals surface area contributed by atoms with Crippen LogP contribution in [-0.4, -0.2) is 37.9 Å². The molecule has 0 aromatic heterocycles. The number of unbranched alkanes of at least 4 members (excludes halogenated alkanes) is 15. The van der Waals surface area contributed by atoms with E-state index in [1.807, 2.05) is 0 Å². The van der Waals surface area contributed by atoms with Gasteiger partial charge in [-0.25, -0.2) is 0 Å². The quantitative estimate of drug-likeness (QED) is 0.0346. The van der Waals surface area contributed by atoms with E-state index < -0.39 is 6.10 Å². The van der Waals surface area contributed by atoms with Gasteiger partial charge in [-0.2, -0.15) is 0 Å². The highest BCUT2D eigenvalue weighted by Gasteiger charge is 2.17. The first-order chi connectivity index (χ1) is 31.6. The van der Waals surface area contributed by atoms with E-state index in [9.17, 15) is 9.59 Å². The SMILES string of the molecule is CC/C=C\C/C=C\C/C=C\C/C=C\CCCCCCCCC(=O)OCC(COCCCCCC/C=C\C/C=C\C/C=C\CC)OC(=O)CCCCCCC/C=C\C/C=C\C/C=C\CC. The third kappa shape index (κ3) is 50.9. The van der Waals surface area contributed by atoms with Crippen molar-refractivity contribution >= 4 is 11.9 Å². The van der Waals surface area contributed by atoms with Gasteiger partial charge in [0.25, 0.3) is 0 Å². The Bertz CT molecular complexity index is 1320. The zero-order valence-electron chi connectivity index (χ0n) is 41.5. The first-order valence-corrected chi connectivity index (χ1v) is 26.1. The van der Waals surface area contributed by atoms with Gasteiger partial charge in [-0.3, -0.25) is 9.59 Å². The molecule has 0 fully saturated rings. The Labute approximate surface area is 395 Å². The molecule has 0 rings (SSSR count). The van der Waals surface area contributed by atoms with Gasteiger partial charge in [-0.15, -0.1) is 0 Å². The predicted molar refractivity (Wildman–Crippen MR) is 279 cm³/mol. The third-order valence-corrected chi connectivity index (χ3v) is 10.5. The summed E-state index contributed by atoms with van der Waals surface area (Å²) in [6, 6.07) is 0. The van der Waals surface area contributed by atoms with Crippen molar-refractivity contribution in [2.45, 2.75) is 219 Å². The standard InChI is InChI=1S/C59H96O5/c1-4-7-10-13-16-19-22-25-28-29-30-31-33-34-37-40-43-46-49-52-58(60)63-56-57(55-62-54-51-48-45-42-39-36-27-24-21-18-15-12-9-6-3)64-59(61)53-50-47-44-41-38-35-32-26-23-20-17-14-11-8-5-2/h7-12,16-21,25-28,30-32,36,57H,4-6,13-15,22-24,29,33-35,37-56H2,1-3H3/b10-7-,11-8-,12-9-,19-16-,20-17-,21-18-,28-25-,31-30-,32-26-,36-27-. The molecule has 0 aliphatic carbocycles. The molecule has 1 atom stereocenters. The van der Waals surface area contributed by atoms with Gasteiger partial charge >= 0.3 is 11.9 Å². The van der Waals surface area contributed by atoms with Crippen LogP contribution in [0, 0.1) is 0 Å². The van der Waals surface area contributed by atoms with Crippen LogP contribution in [0.2, 0.25) is 0 Å². The molecule has 0 saturated heterocycles. The van der Waals surface area contributed by atoms with E-state index in [2.05, 4.69) is 142 Å². The van der Waals surface area contributed by atoms with E-state index in [4.69, 9.17) is 14.2 Å². The second-order valence-corrected chi connectivity index (χ2v) is 16.6. The minimum absolute atomic E-state index is 0.0536. The maximum absolute atomic E-state index is 12.8. The molecular weight excluding hydrogens is 789 g/mol. The summed E-state index contributed by atoms with van der Waals surface area (Å²) in [6.45, 7) is 7.40. The molecule has 1 unspecified atom stereocenters. The Hall–Kier alpha value is -3.70. The molecule has 64 heavy (non-hydrogen) atoms. The molecule has 0 aliphatic rings. The zero-order chi connectivity index (χ0) is 46.3. The number of carbonyl (C=O) groups excluding carboxylic acids is 2. The summed E-state index contributed by atoms with van der Waals surface area (Å²) in [4.78, 5) is 25.4. The summed E-state index contributed by atoms with van der Waals surface area (Å²) >= 11 is 0. The van der Waals surface area contributed by atoms with Crippen molar-refractivity contribution < 1.29 is 23.8 Å². The van der Waals surface area contributed by atoms with E-state index in [1.165, 1.54) is 44.9 Å². The molecule has 5 heteroatoms. The van der Waals surface area contributed by atoms with Crippen LogP contribution in [-0.2, 0) is 23.8 Å². The van der Waals surface area contributed by atoms with Gasteiger partial charge in [-0.1, -0.05) is 200 Å². The first-order valence-electron chi connectivity index (χ1n) is 26.1. The third-order valence-electron chi connectivity index (χ3n) is 10.5. The molecule has 0 bridgehead atoms. The molecular formula is C59H96O5. The highest BCUT2D eigenvalue weighted by Crippen LogP contribution is 2.13. The van der Waals surface area contributed by atoms with Gasteiger partial charge in [0.15, 0.2) is 6.10 Å². The molecule has 0 N–H and O–H groups in total. The van der Waals surface area contributed by atoms with Crippen molar-refractivity contribution in [3.05, 3.63) is 122 Å². The topological polar surface area (TPSA) is 61.8 Å². The van der Waals surface area contributed by atoms with E-state index in [0.717, 1.165) is 135 Å². The number of hydrogen-bond acceptors (Lipinski definition) is 5. The number of ether oxygens (including phenoxy) is 3. The Morgan fingerprint density at radius 2 is 0.656 bits per heavy atom. The zero-order valence-corrected chi connectivity index (χ0v) is 41.5. The fourth-order valence-corrected chi connectivity index (χ4v) is 6.70. The van der Waals surface area contributed by atoms with Crippen LogP contribution in [0.4, 0.5) is 0 Å². The van der Waals surface area contributed by atoms with E-state index in [0.29, 0.717) is 19.4 Å². The Kier molecular flexibility index (Phi) is 50.5. The maximum Gasteiger partial charge on any atom is 0.306 e. The fraction of sp³-hybridized carbons (Fsp3) is 0.627. The van der Waals surface area contributed by atoms with Gasteiger partial charge in [0.2, 0.25) is 0 Å². The molecule has 0 saturated carbocycles. The first kappa shape index (κ1) is 60.3. The number of hydrogen-bond donors (Lipinski definition) is 0. The average Bonchev–Trinajstić information content (AvgIpc) is 3.30. The molecule has 0 radical (unpaired) electrons. The highest BCUT2D eigenvalue weighted by atomic mass is 16.6. The maximum atomic E-state index is 12.8. The molecule has 0 aliphatic heterocycles.